The second-order valence-corrected chi connectivity index (χ2v) is 7.96. The van der Waals surface area contributed by atoms with Gasteiger partial charge < -0.3 is 10.3 Å². The van der Waals surface area contributed by atoms with Crippen molar-refractivity contribution < 1.29 is 0 Å². The molecule has 0 aromatic rings. The summed E-state index contributed by atoms with van der Waals surface area (Å²) in [6, 6.07) is 0. The van der Waals surface area contributed by atoms with Crippen molar-refractivity contribution in [3.63, 3.8) is 0 Å². The lowest BCUT2D eigenvalue weighted by Gasteiger charge is -2.32. The van der Waals surface area contributed by atoms with Gasteiger partial charge in [-0.05, 0) is 18.8 Å². The van der Waals surface area contributed by atoms with Crippen molar-refractivity contribution in [3.8, 4) is 0 Å². The number of hydrazine groups is 1. The Morgan fingerprint density at radius 2 is 1.83 bits per heavy atom. The zero-order chi connectivity index (χ0) is 9.61. The summed E-state index contributed by atoms with van der Waals surface area (Å²) in [4.78, 5) is 0. The average molecular weight is 191 g/mol. The molecule has 0 aromatic heterocycles. The number of hydrogen-bond acceptors (Lipinski definition) is 3. The lowest BCUT2D eigenvalue weighted by molar-refractivity contribution is 0.347. The van der Waals surface area contributed by atoms with Crippen LogP contribution in [0.3, 0.4) is 0 Å². The molecule has 0 radical (unpaired) electrons. The van der Waals surface area contributed by atoms with Gasteiger partial charge in [-0.3, -0.25) is 0 Å². The van der Waals surface area contributed by atoms with E-state index in [2.05, 4.69) is 34.5 Å². The molecule has 0 aromatic carbocycles. The fourth-order valence-corrected chi connectivity index (χ4v) is 1.81. The normalized spacial score (nSPS) is 13.4. The molecule has 0 aliphatic carbocycles. The van der Waals surface area contributed by atoms with E-state index in [4.69, 9.17) is 0 Å². The number of nitrogens with zero attached hydrogens (tertiary/aromatic N) is 1. The summed E-state index contributed by atoms with van der Waals surface area (Å²) < 4.78 is 0. The van der Waals surface area contributed by atoms with Crippen LogP contribution in [-0.4, -0.2) is 43.7 Å². The van der Waals surface area contributed by atoms with Crippen molar-refractivity contribution in [2.45, 2.75) is 0 Å². The predicted octanol–water partition coefficient (Wildman–Crippen LogP) is 0.765. The Hall–Kier alpha value is -0.350. The molecule has 0 atom stereocenters. The third-order valence-corrected chi connectivity index (χ3v) is 2.29. The van der Waals surface area contributed by atoms with Gasteiger partial charge in [0.1, 0.15) is 0 Å². The summed E-state index contributed by atoms with van der Waals surface area (Å²) in [6.45, 7) is 0. The van der Waals surface area contributed by atoms with Crippen molar-refractivity contribution in [1.82, 2.24) is 15.8 Å². The molecule has 0 spiro atoms. The Kier molecular flexibility index (Phi) is 5.17. The molecule has 3 nitrogen and oxygen atoms in total. The Bertz CT molecular complexity index is 140. The van der Waals surface area contributed by atoms with Crippen molar-refractivity contribution in [1.29, 1.82) is 0 Å². The van der Waals surface area contributed by atoms with Gasteiger partial charge in [-0.1, -0.05) is 0 Å². The van der Waals surface area contributed by atoms with Crippen molar-refractivity contribution in [3.05, 3.63) is 12.4 Å². The van der Waals surface area contributed by atoms with Crippen LogP contribution >= 0.6 is 10.0 Å². The van der Waals surface area contributed by atoms with E-state index in [-0.39, 0.29) is 0 Å². The molecule has 12 heavy (non-hydrogen) atoms. The highest BCUT2D eigenvalue weighted by molar-refractivity contribution is 8.32. The summed E-state index contributed by atoms with van der Waals surface area (Å²) >= 11 is 0. The molecule has 0 aliphatic heterocycles. The summed E-state index contributed by atoms with van der Waals surface area (Å²) in [5.41, 5.74) is 3.12. The third-order valence-electron chi connectivity index (χ3n) is 1.23. The van der Waals surface area contributed by atoms with Gasteiger partial charge in [0.25, 0.3) is 0 Å². The molecule has 0 amide bonds. The largest absolute Gasteiger partial charge is 0.393 e. The van der Waals surface area contributed by atoms with Gasteiger partial charge in [-0.25, -0.2) is 15.5 Å². The van der Waals surface area contributed by atoms with Crippen LogP contribution < -0.4 is 10.7 Å². The summed E-state index contributed by atoms with van der Waals surface area (Å²) in [5, 5.41) is 5.05. The number of rotatable bonds is 5. The van der Waals surface area contributed by atoms with Gasteiger partial charge in [0.05, 0.1) is 5.88 Å². The first kappa shape index (κ1) is 11.6. The highest BCUT2D eigenvalue weighted by atomic mass is 32.3. The van der Waals surface area contributed by atoms with Gasteiger partial charge in [0.2, 0.25) is 0 Å². The average Bonchev–Trinajstić information content (AvgIpc) is 1.95. The molecule has 0 aliphatic rings. The molecule has 0 heterocycles. The summed E-state index contributed by atoms with van der Waals surface area (Å²) in [6.07, 6.45) is 10.8. The standard InChI is InChI=1S/C8H21N3S/c1-9-6-7-11(10-2)8-12(3,4)5/h6-7,9-10H,8H2,1-5H3/b7-6-. The molecule has 0 fully saturated rings. The lowest BCUT2D eigenvalue weighted by atomic mass is 10.8. The van der Waals surface area contributed by atoms with Crippen LogP contribution in [-0.2, 0) is 0 Å². The zero-order valence-corrected chi connectivity index (χ0v) is 9.53. The van der Waals surface area contributed by atoms with Crippen LogP contribution in [0.1, 0.15) is 0 Å². The second kappa shape index (κ2) is 5.32. The number of hydrogen-bond donors (Lipinski definition) is 2. The van der Waals surface area contributed by atoms with E-state index < -0.39 is 10.0 Å². The summed E-state index contributed by atoms with van der Waals surface area (Å²) in [7, 11) is 3.35. The first-order valence-electron chi connectivity index (χ1n) is 3.93. The molecule has 4 heteroatoms. The lowest BCUT2D eigenvalue weighted by Crippen LogP contribution is -2.33. The maximum atomic E-state index is 3.12. The Labute approximate surface area is 77.5 Å². The fourth-order valence-electron chi connectivity index (χ4n) is 0.764. The van der Waals surface area contributed by atoms with E-state index in [9.17, 15) is 0 Å². The smallest absolute Gasteiger partial charge is 0.0635 e. The van der Waals surface area contributed by atoms with Crippen LogP contribution in [0.2, 0.25) is 0 Å². The van der Waals surface area contributed by atoms with Crippen molar-refractivity contribution in [2.24, 2.45) is 0 Å². The highest BCUT2D eigenvalue weighted by Crippen LogP contribution is 2.34. The van der Waals surface area contributed by atoms with Gasteiger partial charge in [-0.2, -0.15) is 0 Å². The fraction of sp³-hybridized carbons (Fsp3) is 0.750. The van der Waals surface area contributed by atoms with Crippen LogP contribution in [0, 0.1) is 0 Å². The van der Waals surface area contributed by atoms with E-state index in [0.29, 0.717) is 0 Å². The van der Waals surface area contributed by atoms with Gasteiger partial charge in [0.15, 0.2) is 0 Å². The molecule has 74 valence electrons. The highest BCUT2D eigenvalue weighted by Gasteiger charge is 2.06. The van der Waals surface area contributed by atoms with E-state index in [1.165, 1.54) is 0 Å². The van der Waals surface area contributed by atoms with Gasteiger partial charge in [0, 0.05) is 26.5 Å². The minimum absolute atomic E-state index is 0.481. The second-order valence-electron chi connectivity index (χ2n) is 3.52. The Morgan fingerprint density at radius 1 is 1.25 bits per heavy atom. The molecule has 2 N–H and O–H groups in total. The maximum absolute atomic E-state index is 3.12. The SMILES string of the molecule is CN/C=C\N(CS(C)(C)C)NC. The minimum Gasteiger partial charge on any atom is -0.393 e. The van der Waals surface area contributed by atoms with Gasteiger partial charge >= 0.3 is 0 Å². The molecule has 0 unspecified atom stereocenters. The molecule has 0 rings (SSSR count). The van der Waals surface area contributed by atoms with E-state index >= 15 is 0 Å². The zero-order valence-electron chi connectivity index (χ0n) is 8.72. The molecule has 0 bridgehead atoms. The predicted molar refractivity (Wildman–Crippen MR) is 59.3 cm³/mol. The van der Waals surface area contributed by atoms with Crippen molar-refractivity contribution in [2.75, 3.05) is 38.7 Å². The molecular weight excluding hydrogens is 170 g/mol. The van der Waals surface area contributed by atoms with Crippen LogP contribution in [0.5, 0.6) is 0 Å². The van der Waals surface area contributed by atoms with Crippen LogP contribution in [0.4, 0.5) is 0 Å². The van der Waals surface area contributed by atoms with Crippen LogP contribution in [0.15, 0.2) is 12.4 Å². The molecule has 0 saturated carbocycles. The third kappa shape index (κ3) is 6.37. The van der Waals surface area contributed by atoms with E-state index in [1.54, 1.807) is 0 Å². The first-order chi connectivity index (χ1) is 5.49. The van der Waals surface area contributed by atoms with Gasteiger partial charge in [-0.15, -0.1) is 0 Å². The van der Waals surface area contributed by atoms with Crippen molar-refractivity contribution >= 4 is 10.0 Å². The molecule has 0 saturated heterocycles. The number of nitrogens with one attached hydrogen (secondary N) is 2. The summed E-state index contributed by atoms with van der Waals surface area (Å²) in [5.74, 6) is 1.07. The minimum atomic E-state index is -0.481. The monoisotopic (exact) mass is 191 g/mol. The van der Waals surface area contributed by atoms with E-state index in [0.717, 1.165) is 5.88 Å². The topological polar surface area (TPSA) is 27.3 Å². The first-order valence-corrected chi connectivity index (χ1v) is 6.96. The Morgan fingerprint density at radius 3 is 2.17 bits per heavy atom. The van der Waals surface area contributed by atoms with Crippen LogP contribution in [0.25, 0.3) is 0 Å². The molecular formula is C8H21N3S. The Balaban J connectivity index is 3.91. The van der Waals surface area contributed by atoms with E-state index in [1.807, 2.05) is 26.5 Å². The maximum Gasteiger partial charge on any atom is 0.0635 e. The quantitative estimate of drug-likeness (QED) is 0.628.